The summed E-state index contributed by atoms with van der Waals surface area (Å²) in [6, 6.07) is 7.63. The molecule has 1 unspecified atom stereocenters. The summed E-state index contributed by atoms with van der Waals surface area (Å²) in [4.78, 5) is 14.9. The number of benzene rings is 1. The van der Waals surface area contributed by atoms with Crippen LogP contribution in [-0.4, -0.2) is 40.8 Å². The first-order valence-corrected chi connectivity index (χ1v) is 7.55. The summed E-state index contributed by atoms with van der Waals surface area (Å²) in [6.07, 6.45) is 0. The fourth-order valence-electron chi connectivity index (χ4n) is 3.10. The molecular weight excluding hydrogens is 278 g/mol. The van der Waals surface area contributed by atoms with Crippen LogP contribution in [0.4, 0.5) is 0 Å². The molecule has 1 aromatic carbocycles. The molecule has 0 saturated carbocycles. The molecule has 1 saturated heterocycles. The first kappa shape index (κ1) is 14.8. The second kappa shape index (κ2) is 5.93. The number of nitrogens with one attached hydrogen (secondary N) is 1. The van der Waals surface area contributed by atoms with Crippen molar-refractivity contribution in [3.05, 3.63) is 52.3 Å². The number of carbonyl (C=O) groups excluding carboxylic acids is 1. The number of ether oxygens (including phenoxy) is 1. The zero-order valence-electron chi connectivity index (χ0n) is 13.2. The molecule has 0 bridgehead atoms. The van der Waals surface area contributed by atoms with E-state index in [2.05, 4.69) is 10.2 Å². The smallest absolute Gasteiger partial charge is 0.254 e. The van der Waals surface area contributed by atoms with Crippen molar-refractivity contribution >= 4 is 5.91 Å². The van der Waals surface area contributed by atoms with Gasteiger partial charge in [0.15, 0.2) is 0 Å². The van der Waals surface area contributed by atoms with Crippen LogP contribution in [-0.2, 0) is 4.74 Å². The molecule has 1 aliphatic heterocycles. The molecule has 1 aliphatic rings. The van der Waals surface area contributed by atoms with Gasteiger partial charge in [0.05, 0.1) is 24.9 Å². The van der Waals surface area contributed by atoms with Gasteiger partial charge in [0, 0.05) is 23.4 Å². The largest absolute Gasteiger partial charge is 0.377 e. The Balaban J connectivity index is 1.97. The van der Waals surface area contributed by atoms with E-state index in [4.69, 9.17) is 4.74 Å². The molecule has 116 valence electrons. The van der Waals surface area contributed by atoms with Crippen molar-refractivity contribution in [3.63, 3.8) is 0 Å². The molecule has 1 N–H and O–H groups in total. The highest BCUT2D eigenvalue weighted by atomic mass is 16.5. The second-order valence-electron chi connectivity index (χ2n) is 5.75. The Kier molecular flexibility index (Phi) is 3.98. The summed E-state index contributed by atoms with van der Waals surface area (Å²) in [6.45, 7) is 7.60. The molecule has 0 aliphatic carbocycles. The van der Waals surface area contributed by atoms with Crippen molar-refractivity contribution in [1.29, 1.82) is 0 Å². The molecule has 0 radical (unpaired) electrons. The molecule has 5 heteroatoms. The topological polar surface area (TPSA) is 58.2 Å². The molecule has 1 fully saturated rings. The first-order valence-electron chi connectivity index (χ1n) is 7.55. The molecule has 1 amide bonds. The minimum Gasteiger partial charge on any atom is -0.377 e. The standard InChI is InChI=1S/C17H21N3O2/c1-11-6-4-5-7-14(11)17(21)20-8-9-22-10-15(20)16-12(2)18-19-13(16)3/h4-7,15H,8-10H2,1-3H3,(H,18,19). The maximum absolute atomic E-state index is 13.0. The lowest BCUT2D eigenvalue weighted by Crippen LogP contribution is -2.44. The minimum atomic E-state index is -0.0837. The van der Waals surface area contributed by atoms with Crippen LogP contribution >= 0.6 is 0 Å². The van der Waals surface area contributed by atoms with Gasteiger partial charge in [-0.05, 0) is 32.4 Å². The van der Waals surface area contributed by atoms with Gasteiger partial charge in [0.2, 0.25) is 0 Å². The maximum Gasteiger partial charge on any atom is 0.254 e. The van der Waals surface area contributed by atoms with Crippen LogP contribution < -0.4 is 0 Å². The number of hydrogen-bond acceptors (Lipinski definition) is 3. The summed E-state index contributed by atoms with van der Waals surface area (Å²) >= 11 is 0. The van der Waals surface area contributed by atoms with Crippen LogP contribution in [0.5, 0.6) is 0 Å². The van der Waals surface area contributed by atoms with Crippen LogP contribution in [0, 0.1) is 20.8 Å². The van der Waals surface area contributed by atoms with Gasteiger partial charge in [-0.25, -0.2) is 0 Å². The van der Waals surface area contributed by atoms with Crippen LogP contribution in [0.25, 0.3) is 0 Å². The van der Waals surface area contributed by atoms with E-state index in [1.165, 1.54) is 0 Å². The van der Waals surface area contributed by atoms with Gasteiger partial charge < -0.3 is 9.64 Å². The fourth-order valence-corrected chi connectivity index (χ4v) is 3.10. The average molecular weight is 299 g/mol. The van der Waals surface area contributed by atoms with Crippen molar-refractivity contribution in [2.24, 2.45) is 0 Å². The number of hydrogen-bond donors (Lipinski definition) is 1. The van der Waals surface area contributed by atoms with Crippen molar-refractivity contribution in [3.8, 4) is 0 Å². The van der Waals surface area contributed by atoms with Gasteiger partial charge in [-0.3, -0.25) is 9.89 Å². The van der Waals surface area contributed by atoms with E-state index < -0.39 is 0 Å². The highest BCUT2D eigenvalue weighted by Crippen LogP contribution is 2.30. The van der Waals surface area contributed by atoms with E-state index in [0.29, 0.717) is 19.8 Å². The Bertz CT molecular complexity index is 673. The molecule has 22 heavy (non-hydrogen) atoms. The quantitative estimate of drug-likeness (QED) is 0.927. The highest BCUT2D eigenvalue weighted by Gasteiger charge is 2.32. The van der Waals surface area contributed by atoms with Crippen LogP contribution in [0.15, 0.2) is 24.3 Å². The van der Waals surface area contributed by atoms with Gasteiger partial charge in [-0.15, -0.1) is 0 Å². The molecular formula is C17H21N3O2. The molecule has 2 aromatic rings. The Morgan fingerprint density at radius 3 is 2.77 bits per heavy atom. The minimum absolute atomic E-state index is 0.0615. The Morgan fingerprint density at radius 1 is 1.32 bits per heavy atom. The maximum atomic E-state index is 13.0. The van der Waals surface area contributed by atoms with E-state index >= 15 is 0 Å². The number of aryl methyl sites for hydroxylation is 3. The Hall–Kier alpha value is -2.14. The average Bonchev–Trinajstić information content (AvgIpc) is 2.86. The number of morpholine rings is 1. The fraction of sp³-hybridized carbons (Fsp3) is 0.412. The van der Waals surface area contributed by atoms with Crippen molar-refractivity contribution < 1.29 is 9.53 Å². The van der Waals surface area contributed by atoms with E-state index in [0.717, 1.165) is 28.1 Å². The number of carbonyl (C=O) groups is 1. The predicted molar refractivity (Wildman–Crippen MR) is 83.8 cm³/mol. The summed E-state index contributed by atoms with van der Waals surface area (Å²) in [5, 5.41) is 7.26. The molecule has 3 rings (SSSR count). The number of H-pyrrole nitrogens is 1. The summed E-state index contributed by atoms with van der Waals surface area (Å²) in [5.74, 6) is 0.0615. The Labute approximate surface area is 130 Å². The molecule has 2 heterocycles. The zero-order chi connectivity index (χ0) is 15.7. The van der Waals surface area contributed by atoms with Gasteiger partial charge in [0.25, 0.3) is 5.91 Å². The number of amides is 1. The van der Waals surface area contributed by atoms with E-state index in [-0.39, 0.29) is 11.9 Å². The van der Waals surface area contributed by atoms with Gasteiger partial charge in [-0.2, -0.15) is 5.10 Å². The van der Waals surface area contributed by atoms with Crippen molar-refractivity contribution in [2.75, 3.05) is 19.8 Å². The third-order valence-electron chi connectivity index (χ3n) is 4.28. The zero-order valence-corrected chi connectivity index (χ0v) is 13.2. The number of aromatic amines is 1. The number of nitrogens with zero attached hydrogens (tertiary/aromatic N) is 2. The van der Waals surface area contributed by atoms with E-state index in [9.17, 15) is 4.79 Å². The van der Waals surface area contributed by atoms with Gasteiger partial charge >= 0.3 is 0 Å². The SMILES string of the molecule is Cc1ccccc1C(=O)N1CCOCC1c1c(C)n[nH]c1C. The highest BCUT2D eigenvalue weighted by molar-refractivity contribution is 5.96. The summed E-state index contributed by atoms with van der Waals surface area (Å²) < 4.78 is 5.63. The van der Waals surface area contributed by atoms with Crippen LogP contribution in [0.2, 0.25) is 0 Å². The van der Waals surface area contributed by atoms with E-state index in [1.54, 1.807) is 0 Å². The van der Waals surface area contributed by atoms with Gasteiger partial charge in [0.1, 0.15) is 0 Å². The molecule has 1 atom stereocenters. The molecule has 5 nitrogen and oxygen atoms in total. The van der Waals surface area contributed by atoms with E-state index in [1.807, 2.05) is 49.9 Å². The lowest BCUT2D eigenvalue weighted by atomic mass is 10.0. The Morgan fingerprint density at radius 2 is 2.09 bits per heavy atom. The summed E-state index contributed by atoms with van der Waals surface area (Å²) in [5.41, 5.74) is 4.75. The lowest BCUT2D eigenvalue weighted by molar-refractivity contribution is -0.00305. The number of rotatable bonds is 2. The third-order valence-corrected chi connectivity index (χ3v) is 4.28. The van der Waals surface area contributed by atoms with Crippen molar-refractivity contribution in [1.82, 2.24) is 15.1 Å². The lowest BCUT2D eigenvalue weighted by Gasteiger charge is -2.36. The third kappa shape index (κ3) is 2.52. The predicted octanol–water partition coefficient (Wildman–Crippen LogP) is 2.55. The second-order valence-corrected chi connectivity index (χ2v) is 5.75. The molecule has 0 spiro atoms. The number of aromatic nitrogens is 2. The normalized spacial score (nSPS) is 18.5. The monoisotopic (exact) mass is 299 g/mol. The molecule has 1 aromatic heterocycles. The first-order chi connectivity index (χ1) is 10.6. The van der Waals surface area contributed by atoms with Crippen LogP contribution in [0.1, 0.15) is 38.9 Å². The van der Waals surface area contributed by atoms with Gasteiger partial charge in [-0.1, -0.05) is 18.2 Å². The summed E-state index contributed by atoms with van der Waals surface area (Å²) in [7, 11) is 0. The van der Waals surface area contributed by atoms with Crippen LogP contribution in [0.3, 0.4) is 0 Å². The van der Waals surface area contributed by atoms with Crippen molar-refractivity contribution in [2.45, 2.75) is 26.8 Å².